The summed E-state index contributed by atoms with van der Waals surface area (Å²) in [4.78, 5) is 8.53. The van der Waals surface area contributed by atoms with Crippen LogP contribution in [0.25, 0.3) is 17.1 Å². The summed E-state index contributed by atoms with van der Waals surface area (Å²) in [5, 5.41) is 4.19. The van der Waals surface area contributed by atoms with E-state index in [0.29, 0.717) is 17.9 Å². The minimum absolute atomic E-state index is 0.0245. The lowest BCUT2D eigenvalue weighted by molar-refractivity contribution is 0.151. The number of hydrogen-bond acceptors (Lipinski definition) is 3. The van der Waals surface area contributed by atoms with Gasteiger partial charge < -0.3 is 4.57 Å². The van der Waals surface area contributed by atoms with Crippen molar-refractivity contribution in [3.63, 3.8) is 0 Å². The van der Waals surface area contributed by atoms with E-state index in [1.54, 1.807) is 17.1 Å². The molecule has 0 unspecified atom stereocenters. The summed E-state index contributed by atoms with van der Waals surface area (Å²) in [6.45, 7) is 2.43. The monoisotopic (exact) mass is 287 g/mol. The molecule has 0 N–H and O–H groups in total. The van der Waals surface area contributed by atoms with Crippen LogP contribution in [-0.4, -0.2) is 24.3 Å². The highest BCUT2D eigenvalue weighted by molar-refractivity contribution is 5.70. The van der Waals surface area contributed by atoms with Crippen molar-refractivity contribution in [2.24, 2.45) is 0 Å². The van der Waals surface area contributed by atoms with Crippen molar-refractivity contribution in [2.45, 2.75) is 19.9 Å². The Bertz CT molecular complexity index is 834. The Kier molecular flexibility index (Phi) is 2.44. The molecule has 7 heteroatoms. The van der Waals surface area contributed by atoms with Gasteiger partial charge in [-0.25, -0.2) is 23.4 Å². The van der Waals surface area contributed by atoms with Gasteiger partial charge in [0.25, 0.3) is 6.43 Å². The molecular weight excluding hydrogens is 276 g/mol. The lowest BCUT2D eigenvalue weighted by Crippen LogP contribution is -2.05. The Labute approximate surface area is 118 Å². The number of aryl methyl sites for hydroxylation is 1. The molecule has 0 radical (unpaired) electrons. The molecule has 0 bridgehead atoms. The molecule has 2 aromatic heterocycles. The topological polar surface area (TPSA) is 48.5 Å². The fourth-order valence-corrected chi connectivity index (χ4v) is 2.67. The van der Waals surface area contributed by atoms with Crippen LogP contribution in [0.15, 0.2) is 30.9 Å². The number of benzene rings is 1. The largest absolute Gasteiger partial charge is 0.300 e. The van der Waals surface area contributed by atoms with Gasteiger partial charge in [0.2, 0.25) is 0 Å². The third-order valence-electron chi connectivity index (χ3n) is 3.76. The molecule has 21 heavy (non-hydrogen) atoms. The van der Waals surface area contributed by atoms with Crippen LogP contribution < -0.4 is 0 Å². The van der Waals surface area contributed by atoms with Crippen molar-refractivity contribution in [3.05, 3.63) is 47.8 Å². The quantitative estimate of drug-likeness (QED) is 0.541. The summed E-state index contributed by atoms with van der Waals surface area (Å²) in [5.74, 6) is 0.593. The van der Waals surface area contributed by atoms with E-state index in [-0.39, 0.29) is 5.56 Å². The van der Waals surface area contributed by atoms with Crippen molar-refractivity contribution in [3.8, 4) is 17.1 Å². The molecule has 0 spiro atoms. The number of alkyl halides is 2. The minimum Gasteiger partial charge on any atom is -0.300 e. The first-order valence-corrected chi connectivity index (χ1v) is 6.48. The second kappa shape index (κ2) is 4.21. The number of fused-ring (bicyclic) bond motifs is 5. The second-order valence-electron chi connectivity index (χ2n) is 4.97. The van der Waals surface area contributed by atoms with Crippen LogP contribution in [0.1, 0.15) is 23.4 Å². The van der Waals surface area contributed by atoms with Crippen LogP contribution in [0, 0.1) is 6.92 Å². The molecule has 1 aliphatic heterocycles. The zero-order chi connectivity index (χ0) is 14.6. The fraction of sp³-hybridized carbons (Fsp3) is 0.214. The first kappa shape index (κ1) is 12.2. The first-order chi connectivity index (χ1) is 10.1. The molecule has 1 aliphatic rings. The molecule has 5 nitrogen and oxygen atoms in total. The normalized spacial score (nSPS) is 12.8. The maximum atomic E-state index is 13.0. The summed E-state index contributed by atoms with van der Waals surface area (Å²) in [7, 11) is 0. The summed E-state index contributed by atoms with van der Waals surface area (Å²) in [5.41, 5.74) is 3.28. The Morgan fingerprint density at radius 2 is 2.10 bits per heavy atom. The third kappa shape index (κ3) is 1.70. The number of aromatic nitrogens is 5. The zero-order valence-corrected chi connectivity index (χ0v) is 11.2. The van der Waals surface area contributed by atoms with Crippen LogP contribution in [0.2, 0.25) is 0 Å². The van der Waals surface area contributed by atoms with Gasteiger partial charge in [0, 0.05) is 11.1 Å². The average Bonchev–Trinajstić information content (AvgIpc) is 3.04. The molecule has 0 amide bonds. The fourth-order valence-electron chi connectivity index (χ4n) is 2.67. The highest BCUT2D eigenvalue weighted by atomic mass is 19.3. The van der Waals surface area contributed by atoms with Crippen LogP contribution in [0.5, 0.6) is 0 Å². The van der Waals surface area contributed by atoms with Gasteiger partial charge in [-0.15, -0.1) is 0 Å². The van der Waals surface area contributed by atoms with E-state index >= 15 is 0 Å². The highest BCUT2D eigenvalue weighted by Gasteiger charge is 2.23. The molecular formula is C14H11F2N5. The molecule has 0 saturated carbocycles. The van der Waals surface area contributed by atoms with Crippen LogP contribution in [-0.2, 0) is 6.54 Å². The first-order valence-electron chi connectivity index (χ1n) is 6.48. The molecule has 0 atom stereocenters. The molecule has 0 aliphatic carbocycles. The zero-order valence-electron chi connectivity index (χ0n) is 11.2. The van der Waals surface area contributed by atoms with Gasteiger partial charge in [0.15, 0.2) is 5.82 Å². The van der Waals surface area contributed by atoms with E-state index in [4.69, 9.17) is 0 Å². The van der Waals surface area contributed by atoms with Crippen LogP contribution >= 0.6 is 0 Å². The predicted octanol–water partition coefficient (Wildman–Crippen LogP) is 2.74. The van der Waals surface area contributed by atoms with Gasteiger partial charge in [0.05, 0.1) is 29.9 Å². The Morgan fingerprint density at radius 1 is 1.24 bits per heavy atom. The SMILES string of the molecule is Cc1ncn2c1Cn1ncnc1-c1cc(C(F)F)ccc1-2. The van der Waals surface area contributed by atoms with Gasteiger partial charge in [-0.1, -0.05) is 6.07 Å². The van der Waals surface area contributed by atoms with Crippen LogP contribution in [0.3, 0.4) is 0 Å². The maximum Gasteiger partial charge on any atom is 0.263 e. The summed E-state index contributed by atoms with van der Waals surface area (Å²) in [6, 6.07) is 4.60. The Morgan fingerprint density at radius 3 is 2.90 bits per heavy atom. The standard InChI is InChI=1S/C14H11F2N5/c1-8-12-5-21-14(17-6-19-21)10-4-9(13(15)16)2-3-11(10)20(12)7-18-8/h2-4,6-7,13H,5H2,1H3. The van der Waals surface area contributed by atoms with E-state index in [9.17, 15) is 8.78 Å². The van der Waals surface area contributed by atoms with Gasteiger partial charge in [-0.2, -0.15) is 5.10 Å². The lowest BCUT2D eigenvalue weighted by atomic mass is 10.1. The maximum absolute atomic E-state index is 13.0. The van der Waals surface area contributed by atoms with Gasteiger partial charge >= 0.3 is 0 Å². The van der Waals surface area contributed by atoms with Crippen LogP contribution in [0.4, 0.5) is 8.78 Å². The molecule has 1 aromatic carbocycles. The molecule has 3 heterocycles. The minimum atomic E-state index is -2.51. The Hall–Kier alpha value is -2.57. The number of imidazole rings is 1. The average molecular weight is 287 g/mol. The number of nitrogens with zero attached hydrogens (tertiary/aromatic N) is 5. The molecule has 0 saturated heterocycles. The van der Waals surface area contributed by atoms with Gasteiger partial charge in [0.1, 0.15) is 6.33 Å². The lowest BCUT2D eigenvalue weighted by Gasteiger charge is -2.10. The smallest absolute Gasteiger partial charge is 0.263 e. The number of hydrogen-bond donors (Lipinski definition) is 0. The van der Waals surface area contributed by atoms with E-state index in [0.717, 1.165) is 17.1 Å². The Balaban J connectivity index is 2.06. The third-order valence-corrected chi connectivity index (χ3v) is 3.76. The molecule has 4 rings (SSSR count). The van der Waals surface area contributed by atoms with E-state index in [1.807, 2.05) is 11.5 Å². The van der Waals surface area contributed by atoms with Crippen molar-refractivity contribution < 1.29 is 8.78 Å². The number of halogens is 2. The van der Waals surface area contributed by atoms with E-state index in [1.165, 1.54) is 18.5 Å². The summed E-state index contributed by atoms with van der Waals surface area (Å²) >= 11 is 0. The second-order valence-corrected chi connectivity index (χ2v) is 4.97. The molecule has 0 fully saturated rings. The van der Waals surface area contributed by atoms with Crippen molar-refractivity contribution in [1.82, 2.24) is 24.3 Å². The summed E-state index contributed by atoms with van der Waals surface area (Å²) in [6.07, 6.45) is 0.631. The van der Waals surface area contributed by atoms with E-state index in [2.05, 4.69) is 15.1 Å². The molecule has 3 aromatic rings. The predicted molar refractivity (Wildman–Crippen MR) is 71.4 cm³/mol. The van der Waals surface area contributed by atoms with Gasteiger partial charge in [-0.3, -0.25) is 0 Å². The van der Waals surface area contributed by atoms with Crippen molar-refractivity contribution >= 4 is 0 Å². The summed E-state index contributed by atoms with van der Waals surface area (Å²) < 4.78 is 29.6. The van der Waals surface area contributed by atoms with Gasteiger partial charge in [-0.05, 0) is 19.1 Å². The highest BCUT2D eigenvalue weighted by Crippen LogP contribution is 2.33. The van der Waals surface area contributed by atoms with Crippen molar-refractivity contribution in [1.29, 1.82) is 0 Å². The van der Waals surface area contributed by atoms with Crippen molar-refractivity contribution in [2.75, 3.05) is 0 Å². The van der Waals surface area contributed by atoms with E-state index < -0.39 is 6.43 Å². The number of rotatable bonds is 1. The molecule has 106 valence electrons.